The molecule has 4 N–H and O–H groups in total. The number of carbonyl (C=O) groups is 1. The summed E-state index contributed by atoms with van der Waals surface area (Å²) in [5.74, 6) is -3.44. The number of phenolic OH excluding ortho intramolecular Hbond substituents is 1. The van der Waals surface area contributed by atoms with E-state index in [9.17, 15) is 106 Å². The summed E-state index contributed by atoms with van der Waals surface area (Å²) >= 11 is 7.65. The third kappa shape index (κ3) is 34.4. The molecule has 0 amide bonds. The maximum Gasteiger partial charge on any atom is 1.00 e. The molecule has 38 heteroatoms. The second-order valence-electron chi connectivity index (χ2n) is 12.6. The van der Waals surface area contributed by atoms with Gasteiger partial charge in [-0.15, -0.1) is 0 Å². The molecule has 0 saturated heterocycles. The maximum absolute atomic E-state index is 12.5. The molecule has 78 heavy (non-hydrogen) atoms. The topological polar surface area (TPSA) is 157 Å². The van der Waals surface area contributed by atoms with Crippen LogP contribution in [0.5, 0.6) is 23.0 Å². The number of benzene rings is 4. The number of hydrogen-bond acceptors (Lipinski definition) is 10. The fourth-order valence-electron chi connectivity index (χ4n) is 4.21. The number of carbonyl (C=O) groups excluding carboxylic acids is 1. The number of anilines is 1. The van der Waals surface area contributed by atoms with E-state index < -0.39 is 114 Å². The summed E-state index contributed by atoms with van der Waals surface area (Å²) in [7, 11) is -4.32. The number of rotatable bonds is 11. The first-order valence-electron chi connectivity index (χ1n) is 18.7. The van der Waals surface area contributed by atoms with Crippen LogP contribution in [-0.2, 0) is 43.1 Å². The van der Waals surface area contributed by atoms with Gasteiger partial charge in [0.25, 0.3) is 0 Å². The van der Waals surface area contributed by atoms with Crippen molar-refractivity contribution in [2.75, 3.05) is 18.9 Å². The summed E-state index contributed by atoms with van der Waals surface area (Å²) in [6.07, 6.45) is -24.4. The third-order valence-corrected chi connectivity index (χ3v) is 11.1. The van der Waals surface area contributed by atoms with E-state index in [1.807, 2.05) is 15.9 Å². The molecule has 0 aromatic heterocycles. The number of ether oxygens (including phenoxy) is 3. The van der Waals surface area contributed by atoms with Crippen LogP contribution in [0.4, 0.5) is 107 Å². The largest absolute Gasteiger partial charge is 1.00 e. The van der Waals surface area contributed by atoms with Crippen molar-refractivity contribution < 1.29 is 196 Å². The molecule has 444 valence electrons. The minimum atomic E-state index is -4.78. The monoisotopic (exact) mass is 1420 g/mol. The molecule has 0 aliphatic heterocycles. The Balaban J connectivity index is -0.000000276. The Morgan fingerprint density at radius 1 is 0.564 bits per heavy atom. The minimum Gasteiger partial charge on any atom is -0.870 e. The first-order valence-corrected chi connectivity index (χ1v) is 22.6. The van der Waals surface area contributed by atoms with E-state index >= 15 is 0 Å². The van der Waals surface area contributed by atoms with Gasteiger partial charge in [0.05, 0.1) is 35.5 Å². The number of nitrogen functional groups attached to an aromatic ring is 1. The summed E-state index contributed by atoms with van der Waals surface area (Å²) in [6.45, 7) is -5.68. The summed E-state index contributed by atoms with van der Waals surface area (Å²) in [4.78, 5) is 8.70. The van der Waals surface area contributed by atoms with Crippen molar-refractivity contribution in [3.63, 3.8) is 0 Å². The van der Waals surface area contributed by atoms with Gasteiger partial charge in [0.1, 0.15) is 23.0 Å². The van der Waals surface area contributed by atoms with Crippen LogP contribution in [0, 0.1) is 6.92 Å². The Kier molecular flexibility index (Phi) is 39.3. The van der Waals surface area contributed by atoms with E-state index in [1.165, 1.54) is 39.0 Å². The van der Waals surface area contributed by atoms with Gasteiger partial charge in [-0.3, -0.25) is 9.36 Å². The van der Waals surface area contributed by atoms with Crippen LogP contribution in [0.3, 0.4) is 0 Å². The summed E-state index contributed by atoms with van der Waals surface area (Å²) in [6, 6.07) is 11.1. The van der Waals surface area contributed by atoms with Crippen molar-refractivity contribution in [2.45, 2.75) is 83.5 Å². The van der Waals surface area contributed by atoms with Crippen LogP contribution in [0.25, 0.3) is 0 Å². The Labute approximate surface area is 494 Å². The predicted molar refractivity (Wildman–Crippen MR) is 237 cm³/mol. The molecule has 0 heterocycles. The molecule has 0 fully saturated rings. The van der Waals surface area contributed by atoms with E-state index in [4.69, 9.17) is 15.6 Å². The molecule has 4 aromatic rings. The summed E-state index contributed by atoms with van der Waals surface area (Å²) in [5, 5.41) is 8.83. The van der Waals surface area contributed by atoms with Crippen molar-refractivity contribution in [3.05, 3.63) is 110 Å². The van der Waals surface area contributed by atoms with E-state index in [2.05, 4.69) is 55.1 Å². The Morgan fingerprint density at radius 3 is 1.15 bits per heavy atom. The molecule has 0 bridgehead atoms. The zero-order valence-electron chi connectivity index (χ0n) is 38.3. The summed E-state index contributed by atoms with van der Waals surface area (Å²) < 4.78 is 302. The number of aromatic hydroxyl groups is 1. The Bertz CT molecular complexity index is 2240. The molecule has 4 aromatic carbocycles. The second kappa shape index (κ2) is 36.6. The zero-order chi connectivity index (χ0) is 59.3. The molecule has 0 saturated carbocycles. The molecule has 0 radical (unpaired) electrons. The van der Waals surface area contributed by atoms with Gasteiger partial charge in [-0.1, -0.05) is 50.9 Å². The number of halogens is 26. The van der Waals surface area contributed by atoms with Gasteiger partial charge < -0.3 is 39.6 Å². The van der Waals surface area contributed by atoms with E-state index in [-0.39, 0.29) is 92.1 Å². The van der Waals surface area contributed by atoms with Crippen LogP contribution >= 0.6 is 55.4 Å². The fourth-order valence-corrected chi connectivity index (χ4v) is 6.60. The van der Waals surface area contributed by atoms with Gasteiger partial charge in [-0.05, 0) is 87.5 Å². The van der Waals surface area contributed by atoms with Gasteiger partial charge in [0, 0.05) is 30.6 Å². The molecule has 4 rings (SSSR count). The van der Waals surface area contributed by atoms with E-state index in [0.29, 0.717) is 17.7 Å². The van der Waals surface area contributed by atoms with Gasteiger partial charge >= 0.3 is 114 Å². The van der Waals surface area contributed by atoms with E-state index in [0.717, 1.165) is 42.5 Å². The van der Waals surface area contributed by atoms with E-state index in [1.54, 1.807) is 0 Å². The van der Waals surface area contributed by atoms with Gasteiger partial charge in [-0.2, -0.15) is 101 Å². The molecule has 0 aliphatic carbocycles. The average molecular weight is 1420 g/mol. The van der Waals surface area contributed by atoms with Crippen LogP contribution in [0.2, 0.25) is 0 Å². The first-order chi connectivity index (χ1) is 33.8. The molecule has 0 unspecified atom stereocenters. The summed E-state index contributed by atoms with van der Waals surface area (Å²) in [5.41, 5.74) is 0.480. The molecular weight excluding hydrogens is 1390 g/mol. The average Bonchev–Trinajstić information content (AvgIpc) is 3.22. The van der Waals surface area contributed by atoms with Crippen molar-refractivity contribution in [2.24, 2.45) is 0 Å². The van der Waals surface area contributed by atoms with Crippen molar-refractivity contribution >= 4 is 67.4 Å². The second-order valence-corrected chi connectivity index (χ2v) is 18.2. The molecule has 0 aliphatic rings. The Hall–Kier alpha value is -2.87. The van der Waals surface area contributed by atoms with Crippen molar-refractivity contribution in [1.29, 1.82) is 0 Å². The van der Waals surface area contributed by atoms with Gasteiger partial charge in [0.2, 0.25) is 6.29 Å². The maximum atomic E-state index is 12.5. The van der Waals surface area contributed by atoms with Crippen LogP contribution in [0.1, 0.15) is 49.1 Å². The molecule has 0 spiro atoms. The third-order valence-electron chi connectivity index (χ3n) is 6.95. The molecule has 0 atom stereocenters. The number of alkyl halides is 24. The van der Waals surface area contributed by atoms with Crippen LogP contribution < -0.4 is 71.3 Å². The zero-order valence-corrected chi connectivity index (χ0v) is 47.0. The van der Waals surface area contributed by atoms with Crippen LogP contribution in [-0.4, -0.2) is 60.7 Å². The van der Waals surface area contributed by atoms with Crippen molar-refractivity contribution in [1.82, 2.24) is 0 Å². The van der Waals surface area contributed by atoms with Crippen molar-refractivity contribution in [3.8, 4) is 23.0 Å². The fraction of sp³-hybridized carbons (Fsp3) is 0.375. The van der Waals surface area contributed by atoms with Gasteiger partial charge in [0.15, 0.2) is 0 Å². The quantitative estimate of drug-likeness (QED) is 0.0370. The van der Waals surface area contributed by atoms with Gasteiger partial charge in [-0.25, -0.2) is 0 Å². The Morgan fingerprint density at radius 2 is 0.859 bits per heavy atom. The first kappa shape index (κ1) is 83.9. The minimum absolute atomic E-state index is 0. The smallest absolute Gasteiger partial charge is 0.870 e. The normalized spacial score (nSPS) is 11.6. The number of nitrogens with two attached hydrogens (primary N) is 1. The SMILES string of the molecule is C.CCOP(=O)(OCC)C(F)(F)Br.Cc1ccc(OC(F)F)c(C(F)(F)F)c1.FC(F)Oc1ccc(Br)cc1C(F)(F)F.Nc1ccc(OC(F)F)c(C(F)(F)F)c1.O=CC(F)(F)F.Oc1ccc(Br)cc1C(F)(F)F.[K+].[OH-]. The number of aryl methyl sites for hydroxylation is 1. The standard InChI is InChI=1S/C9H7F5O.C8H4BrF5O.C8H6F5NO.C7H4BrF3O.C5H10BrF2O3P.C2HF3O.CH4.K.H2O/c1-5-2-3-7(15-8(10)11)6(4-5)9(12,13)14;9-4-1-2-6(15-7(10)11)5(3-4)8(12,13)14;9-7(10)15-6-2-1-4(14)3-5(6)8(11,12)13;8-4-1-2-6(12)5(3-4)7(9,10)11;1-3-10-12(9,11-4-2)5(6,7)8;3-2(4,5)1-6;;;/h2-4,8H,1H3;1-3,7H;1-3,7H,14H2;1-3,12H;3-4H2,1-2H3;1H;1H4;;1H2/q;;;;;;;+1;/p-1. The predicted octanol–water partition coefficient (Wildman–Crippen LogP) is 15.2. The molecule has 10 nitrogen and oxygen atoms in total. The number of hydrogen-bond donors (Lipinski definition) is 2. The number of phenols is 1. The van der Waals surface area contributed by atoms with Crippen LogP contribution in [0.15, 0.2) is 81.7 Å². The number of aldehydes is 1. The molecular formula is C40H37Br3F23KNO9P.